The van der Waals surface area contributed by atoms with Gasteiger partial charge in [-0.25, -0.2) is 0 Å². The smallest absolute Gasteiger partial charge is 0.0615 e. The zero-order chi connectivity index (χ0) is 38.9. The van der Waals surface area contributed by atoms with Gasteiger partial charge in [-0.3, -0.25) is 0 Å². The Morgan fingerprint density at radius 2 is 1.37 bits per heavy atom. The molecular weight excluding hydrogens is 709 g/mol. The van der Waals surface area contributed by atoms with Crippen LogP contribution in [0.15, 0.2) is 164 Å². The third-order valence-electron chi connectivity index (χ3n) is 11.2. The zero-order valence-electron chi connectivity index (χ0n) is 33.0. The van der Waals surface area contributed by atoms with Gasteiger partial charge in [0.25, 0.3) is 0 Å². The van der Waals surface area contributed by atoms with E-state index in [1.807, 2.05) is 11.3 Å². The van der Waals surface area contributed by atoms with Crippen LogP contribution in [-0.2, 0) is 0 Å². The van der Waals surface area contributed by atoms with Crippen molar-refractivity contribution in [2.24, 2.45) is 0 Å². The number of aromatic nitrogens is 1. The molecule has 1 atom stereocenters. The lowest BCUT2D eigenvalue weighted by Gasteiger charge is -2.22. The third kappa shape index (κ3) is 6.79. The molecule has 1 aliphatic rings. The molecule has 0 spiro atoms. The molecule has 0 amide bonds. The number of fused-ring (bicyclic) bond motifs is 4. The maximum atomic E-state index is 3.78. The van der Waals surface area contributed by atoms with E-state index in [0.717, 1.165) is 12.1 Å². The van der Waals surface area contributed by atoms with Gasteiger partial charge in [0.15, 0.2) is 0 Å². The minimum atomic E-state index is 0.197. The van der Waals surface area contributed by atoms with Crippen LogP contribution in [0, 0.1) is 6.92 Å². The molecule has 3 heteroatoms. The van der Waals surface area contributed by atoms with Gasteiger partial charge in [0.1, 0.15) is 0 Å². The highest BCUT2D eigenvalue weighted by atomic mass is 32.1. The number of nitrogens with one attached hydrogen (secondary N) is 1. The maximum absolute atomic E-state index is 3.78. The fourth-order valence-electron chi connectivity index (χ4n) is 8.49. The zero-order valence-corrected chi connectivity index (χ0v) is 33.8. The van der Waals surface area contributed by atoms with E-state index in [-0.39, 0.29) is 6.04 Å². The molecule has 0 fully saturated rings. The Labute approximate surface area is 340 Å². The average molecular weight is 755 g/mol. The van der Waals surface area contributed by atoms with Crippen molar-refractivity contribution in [2.45, 2.75) is 40.2 Å². The van der Waals surface area contributed by atoms with E-state index in [2.05, 4.69) is 220 Å². The van der Waals surface area contributed by atoms with Gasteiger partial charge in [-0.2, -0.15) is 0 Å². The fourth-order valence-corrected chi connectivity index (χ4v) is 9.78. The van der Waals surface area contributed by atoms with Crippen molar-refractivity contribution in [3.05, 3.63) is 191 Å². The van der Waals surface area contributed by atoms with E-state index in [0.29, 0.717) is 0 Å². The first kappa shape index (κ1) is 36.2. The lowest BCUT2D eigenvalue weighted by atomic mass is 9.93. The summed E-state index contributed by atoms with van der Waals surface area (Å²) >= 11 is 1.88. The van der Waals surface area contributed by atoms with Crippen molar-refractivity contribution in [3.63, 3.8) is 0 Å². The Morgan fingerprint density at radius 1 is 0.632 bits per heavy atom. The van der Waals surface area contributed by atoms with Gasteiger partial charge < -0.3 is 9.88 Å². The summed E-state index contributed by atoms with van der Waals surface area (Å²) in [5.41, 5.74) is 16.1. The van der Waals surface area contributed by atoms with Crippen LogP contribution in [0.2, 0.25) is 0 Å². The number of nitrogens with zero attached hydrogens (tertiary/aromatic N) is 1. The topological polar surface area (TPSA) is 17.0 Å². The van der Waals surface area contributed by atoms with Gasteiger partial charge in [-0.1, -0.05) is 140 Å². The minimum Gasteiger partial charge on any atom is -0.378 e. The Bertz CT molecular complexity index is 2930. The Morgan fingerprint density at radius 3 is 2.18 bits per heavy atom. The van der Waals surface area contributed by atoms with Crippen LogP contribution in [0.1, 0.15) is 54.3 Å². The summed E-state index contributed by atoms with van der Waals surface area (Å²) in [6.45, 7) is 8.53. The van der Waals surface area contributed by atoms with Crippen molar-refractivity contribution in [1.29, 1.82) is 0 Å². The van der Waals surface area contributed by atoms with Crippen molar-refractivity contribution < 1.29 is 0 Å². The van der Waals surface area contributed by atoms with E-state index in [1.165, 1.54) is 92.5 Å². The largest absolute Gasteiger partial charge is 0.378 e. The molecule has 1 unspecified atom stereocenters. The Hall–Kier alpha value is -6.42. The van der Waals surface area contributed by atoms with E-state index < -0.39 is 0 Å². The van der Waals surface area contributed by atoms with Gasteiger partial charge in [0.05, 0.1) is 11.0 Å². The predicted molar refractivity (Wildman–Crippen MR) is 251 cm³/mol. The summed E-state index contributed by atoms with van der Waals surface area (Å²) in [5, 5.41) is 7.61. The predicted octanol–water partition coefficient (Wildman–Crippen LogP) is 15.6. The number of aryl methyl sites for hydroxylation is 1. The highest BCUT2D eigenvalue weighted by molar-refractivity contribution is 7.20. The molecule has 6 aromatic carbocycles. The normalized spacial score (nSPS) is 14.6. The SMILES string of the molecule is C/C=C\c1sc2c(-c3ccc4c(c3)c3ccc(C)c(/C=C\C)c3n4-c3cccc(C4=CC=CC(Nc5ccc(-c6ccccc6)cc5)C4)c3)cccc2c1/C=C\C. The van der Waals surface area contributed by atoms with Crippen molar-refractivity contribution >= 4 is 72.7 Å². The molecule has 0 bridgehead atoms. The van der Waals surface area contributed by atoms with Crippen LogP contribution in [0.3, 0.4) is 0 Å². The first-order valence-corrected chi connectivity index (χ1v) is 20.8. The molecule has 9 rings (SSSR count). The van der Waals surface area contributed by atoms with Gasteiger partial charge in [0, 0.05) is 48.7 Å². The summed E-state index contributed by atoms with van der Waals surface area (Å²) in [6.07, 6.45) is 20.9. The van der Waals surface area contributed by atoms with Gasteiger partial charge in [-0.05, 0) is 121 Å². The number of hydrogen-bond acceptors (Lipinski definition) is 2. The van der Waals surface area contributed by atoms with Crippen molar-refractivity contribution in [2.75, 3.05) is 5.32 Å². The first-order chi connectivity index (χ1) is 28.0. The second-order valence-corrected chi connectivity index (χ2v) is 15.9. The van der Waals surface area contributed by atoms with Crippen molar-refractivity contribution in [1.82, 2.24) is 4.57 Å². The molecule has 2 aromatic heterocycles. The van der Waals surface area contributed by atoms with Crippen LogP contribution in [0.4, 0.5) is 5.69 Å². The monoisotopic (exact) mass is 754 g/mol. The van der Waals surface area contributed by atoms with Gasteiger partial charge in [-0.15, -0.1) is 11.3 Å². The molecule has 8 aromatic rings. The molecule has 1 aliphatic carbocycles. The molecule has 1 N–H and O–H groups in total. The molecule has 278 valence electrons. The first-order valence-electron chi connectivity index (χ1n) is 20.0. The lowest BCUT2D eigenvalue weighted by Crippen LogP contribution is -2.18. The van der Waals surface area contributed by atoms with E-state index in [9.17, 15) is 0 Å². The van der Waals surface area contributed by atoms with Crippen LogP contribution >= 0.6 is 11.3 Å². The molecule has 0 saturated carbocycles. The molecule has 2 heterocycles. The average Bonchev–Trinajstić information content (AvgIpc) is 3.77. The molecular formula is C54H46N2S. The van der Waals surface area contributed by atoms with Crippen molar-refractivity contribution in [3.8, 4) is 27.9 Å². The minimum absolute atomic E-state index is 0.197. The Kier molecular flexibility index (Phi) is 9.92. The van der Waals surface area contributed by atoms with Crippen LogP contribution < -0.4 is 5.32 Å². The number of hydrogen-bond donors (Lipinski definition) is 1. The molecule has 57 heavy (non-hydrogen) atoms. The maximum Gasteiger partial charge on any atom is 0.0615 e. The summed E-state index contributed by atoms with van der Waals surface area (Å²) in [5.74, 6) is 0. The van der Waals surface area contributed by atoms with E-state index in [1.54, 1.807) is 0 Å². The number of allylic oxidation sites excluding steroid dienone is 5. The quantitative estimate of drug-likeness (QED) is 0.155. The molecule has 0 saturated heterocycles. The standard InChI is InChI=1S/C54H46N2S/c1-5-14-45-36(4)25-31-48-50-35-41(46-23-13-24-49-47(15-6-2)52(16-7-3)57-54(46)49)28-32-51(50)56(53(45)48)44-22-12-20-40(34-44)39-19-11-21-43(33-39)55-42-29-26-38(27-30-42)37-17-9-8-10-18-37/h5-32,34-35,43,55H,33H2,1-4H3/b14-5-,15-6-,16-7-. The number of benzene rings is 6. The summed E-state index contributed by atoms with van der Waals surface area (Å²) < 4.78 is 3.82. The molecule has 0 radical (unpaired) electrons. The Balaban J connectivity index is 1.10. The summed E-state index contributed by atoms with van der Waals surface area (Å²) in [6, 6.07) is 47.1. The second kappa shape index (κ2) is 15.6. The summed E-state index contributed by atoms with van der Waals surface area (Å²) in [7, 11) is 0. The van der Waals surface area contributed by atoms with Gasteiger partial charge >= 0.3 is 0 Å². The highest BCUT2D eigenvalue weighted by Crippen LogP contribution is 2.43. The van der Waals surface area contributed by atoms with Gasteiger partial charge in [0.2, 0.25) is 0 Å². The number of rotatable bonds is 9. The molecule has 0 aliphatic heterocycles. The van der Waals surface area contributed by atoms with Crippen LogP contribution in [-0.4, -0.2) is 10.6 Å². The van der Waals surface area contributed by atoms with E-state index >= 15 is 0 Å². The van der Waals surface area contributed by atoms with Crippen LogP contribution in [0.25, 0.3) is 83.6 Å². The fraction of sp³-hybridized carbons (Fsp3) is 0.111. The second-order valence-electron chi connectivity index (χ2n) is 14.8. The third-order valence-corrected chi connectivity index (χ3v) is 12.4. The van der Waals surface area contributed by atoms with E-state index in [4.69, 9.17) is 0 Å². The number of thiophene rings is 1. The number of anilines is 1. The lowest BCUT2D eigenvalue weighted by molar-refractivity contribution is 0.897. The highest BCUT2D eigenvalue weighted by Gasteiger charge is 2.20. The summed E-state index contributed by atoms with van der Waals surface area (Å²) in [4.78, 5) is 1.30. The van der Waals surface area contributed by atoms with Crippen LogP contribution in [0.5, 0.6) is 0 Å². The molecule has 2 nitrogen and oxygen atoms in total.